The van der Waals surface area contributed by atoms with Crippen LogP contribution in [0.4, 0.5) is 0 Å². The van der Waals surface area contributed by atoms with Crippen LogP contribution in [-0.2, 0) is 24.7 Å². The number of sulfonamides is 1. The van der Waals surface area contributed by atoms with Crippen molar-refractivity contribution in [1.82, 2.24) is 4.90 Å². The molecule has 116 valence electrons. The molecule has 2 saturated heterocycles. The van der Waals surface area contributed by atoms with Gasteiger partial charge in [0.2, 0.25) is 15.9 Å². The standard InChI is InChI=1S/C11H20N2O5S2/c12-20(17,18)9-4-3-6-13(8-9)11(14)10-5-1-2-7-19(10,15)16/h9-10H,1-8H2,(H2,12,17,18). The Hall–Kier alpha value is -0.670. The third kappa shape index (κ3) is 3.32. The van der Waals surface area contributed by atoms with Crippen LogP contribution in [0.5, 0.6) is 0 Å². The van der Waals surface area contributed by atoms with Gasteiger partial charge in [-0.25, -0.2) is 22.0 Å². The molecule has 0 saturated carbocycles. The Labute approximate surface area is 119 Å². The van der Waals surface area contributed by atoms with Crippen LogP contribution in [0.15, 0.2) is 0 Å². The van der Waals surface area contributed by atoms with Gasteiger partial charge in [0.25, 0.3) is 0 Å². The van der Waals surface area contributed by atoms with Gasteiger partial charge in [0.05, 0.1) is 11.0 Å². The molecule has 0 aromatic rings. The smallest absolute Gasteiger partial charge is 0.240 e. The second-order valence-electron chi connectivity index (χ2n) is 5.49. The number of sulfone groups is 1. The van der Waals surface area contributed by atoms with Gasteiger partial charge in [-0.1, -0.05) is 6.42 Å². The molecule has 7 nitrogen and oxygen atoms in total. The number of primary sulfonamides is 1. The number of hydrogen-bond acceptors (Lipinski definition) is 5. The Balaban J connectivity index is 2.13. The molecule has 0 aliphatic carbocycles. The zero-order valence-electron chi connectivity index (χ0n) is 11.2. The quantitative estimate of drug-likeness (QED) is 0.716. The predicted octanol–water partition coefficient (Wildman–Crippen LogP) is -0.767. The van der Waals surface area contributed by atoms with Crippen LogP contribution in [0.3, 0.4) is 0 Å². The van der Waals surface area contributed by atoms with Crippen LogP contribution < -0.4 is 5.14 Å². The highest BCUT2D eigenvalue weighted by Gasteiger charge is 2.40. The molecule has 0 aromatic heterocycles. The number of carbonyl (C=O) groups is 1. The van der Waals surface area contributed by atoms with E-state index in [4.69, 9.17) is 5.14 Å². The average Bonchev–Trinajstić information content (AvgIpc) is 2.37. The summed E-state index contributed by atoms with van der Waals surface area (Å²) in [5.41, 5.74) is 0. The highest BCUT2D eigenvalue weighted by atomic mass is 32.2. The summed E-state index contributed by atoms with van der Waals surface area (Å²) in [6.45, 7) is 0.403. The number of amides is 1. The fourth-order valence-corrected chi connectivity index (χ4v) is 5.60. The zero-order chi connectivity index (χ0) is 15.0. The fraction of sp³-hybridized carbons (Fsp3) is 0.909. The Kier molecular flexibility index (Phi) is 4.41. The van der Waals surface area contributed by atoms with Gasteiger partial charge in [-0.2, -0.15) is 0 Å². The molecule has 0 spiro atoms. The van der Waals surface area contributed by atoms with Crippen LogP contribution >= 0.6 is 0 Å². The Morgan fingerprint density at radius 2 is 1.85 bits per heavy atom. The summed E-state index contributed by atoms with van der Waals surface area (Å²) in [6, 6.07) is 0. The number of likely N-dealkylation sites (tertiary alicyclic amines) is 1. The lowest BCUT2D eigenvalue weighted by atomic mass is 10.1. The molecule has 9 heteroatoms. The van der Waals surface area contributed by atoms with Gasteiger partial charge >= 0.3 is 0 Å². The molecule has 2 aliphatic rings. The van der Waals surface area contributed by atoms with E-state index in [0.29, 0.717) is 38.6 Å². The first kappa shape index (κ1) is 15.7. The topological polar surface area (TPSA) is 115 Å². The van der Waals surface area contributed by atoms with Crippen LogP contribution in [0, 0.1) is 0 Å². The normalized spacial score (nSPS) is 30.9. The first-order valence-electron chi connectivity index (χ1n) is 6.74. The molecule has 2 aliphatic heterocycles. The molecule has 0 aromatic carbocycles. The lowest BCUT2D eigenvalue weighted by Gasteiger charge is -2.34. The van der Waals surface area contributed by atoms with E-state index >= 15 is 0 Å². The van der Waals surface area contributed by atoms with Crippen molar-refractivity contribution in [3.05, 3.63) is 0 Å². The number of carbonyl (C=O) groups excluding carboxylic acids is 1. The minimum atomic E-state index is -3.70. The lowest BCUT2D eigenvalue weighted by molar-refractivity contribution is -0.131. The molecule has 0 radical (unpaired) electrons. The largest absolute Gasteiger partial charge is 0.340 e. The van der Waals surface area contributed by atoms with Crippen molar-refractivity contribution in [3.8, 4) is 0 Å². The van der Waals surface area contributed by atoms with E-state index in [9.17, 15) is 21.6 Å². The number of piperidine rings is 1. The van der Waals surface area contributed by atoms with Gasteiger partial charge in [-0.15, -0.1) is 0 Å². The van der Waals surface area contributed by atoms with Crippen molar-refractivity contribution in [2.45, 2.75) is 42.6 Å². The third-order valence-electron chi connectivity index (χ3n) is 4.01. The van der Waals surface area contributed by atoms with E-state index in [1.807, 2.05) is 0 Å². The van der Waals surface area contributed by atoms with Crippen molar-refractivity contribution >= 4 is 25.8 Å². The van der Waals surface area contributed by atoms with Gasteiger partial charge in [0, 0.05) is 13.1 Å². The van der Waals surface area contributed by atoms with Gasteiger partial charge in [0.1, 0.15) is 5.25 Å². The van der Waals surface area contributed by atoms with E-state index in [2.05, 4.69) is 0 Å². The van der Waals surface area contributed by atoms with Crippen LogP contribution in [0.2, 0.25) is 0 Å². The molecule has 2 heterocycles. The van der Waals surface area contributed by atoms with Gasteiger partial charge < -0.3 is 4.90 Å². The molecule has 0 bridgehead atoms. The highest BCUT2D eigenvalue weighted by Crippen LogP contribution is 2.24. The number of hydrogen-bond donors (Lipinski definition) is 1. The van der Waals surface area contributed by atoms with E-state index < -0.39 is 36.3 Å². The minimum absolute atomic E-state index is 0.00366. The first-order chi connectivity index (χ1) is 9.22. The summed E-state index contributed by atoms with van der Waals surface area (Å²) in [5.74, 6) is -0.423. The maximum Gasteiger partial charge on any atom is 0.240 e. The number of nitrogens with two attached hydrogens (primary N) is 1. The Bertz CT molecular complexity index is 584. The summed E-state index contributed by atoms with van der Waals surface area (Å²) in [6.07, 6.45) is 2.57. The predicted molar refractivity (Wildman–Crippen MR) is 74.1 cm³/mol. The second kappa shape index (κ2) is 5.61. The fourth-order valence-electron chi connectivity index (χ4n) is 2.84. The molecular formula is C11H20N2O5S2. The second-order valence-corrected chi connectivity index (χ2v) is 9.64. The Morgan fingerprint density at radius 1 is 1.15 bits per heavy atom. The van der Waals surface area contributed by atoms with Crippen molar-refractivity contribution in [3.63, 3.8) is 0 Å². The van der Waals surface area contributed by atoms with E-state index in [1.54, 1.807) is 0 Å². The molecule has 2 unspecified atom stereocenters. The van der Waals surface area contributed by atoms with Crippen molar-refractivity contribution < 1.29 is 21.6 Å². The molecule has 2 fully saturated rings. The molecule has 20 heavy (non-hydrogen) atoms. The van der Waals surface area contributed by atoms with Crippen LogP contribution in [0.25, 0.3) is 0 Å². The van der Waals surface area contributed by atoms with Crippen molar-refractivity contribution in [2.24, 2.45) is 5.14 Å². The molecule has 2 rings (SSSR count). The van der Waals surface area contributed by atoms with Gasteiger partial charge in [-0.3, -0.25) is 4.79 Å². The SMILES string of the molecule is NS(=O)(=O)C1CCCN(C(=O)C2CCCCS2(=O)=O)C1. The van der Waals surface area contributed by atoms with Crippen LogP contribution in [-0.4, -0.2) is 57.0 Å². The highest BCUT2D eigenvalue weighted by molar-refractivity contribution is 7.92. The van der Waals surface area contributed by atoms with E-state index in [0.717, 1.165) is 0 Å². The van der Waals surface area contributed by atoms with E-state index in [1.165, 1.54) is 4.90 Å². The molecule has 1 amide bonds. The summed E-state index contributed by atoms with van der Waals surface area (Å²) < 4.78 is 46.7. The maximum atomic E-state index is 12.4. The molecule has 2 N–H and O–H groups in total. The summed E-state index contributed by atoms with van der Waals surface area (Å²) in [5, 5.41) is 3.33. The lowest BCUT2D eigenvalue weighted by Crippen LogP contribution is -2.52. The molecule has 2 atom stereocenters. The average molecular weight is 324 g/mol. The van der Waals surface area contributed by atoms with Gasteiger partial charge in [0.15, 0.2) is 9.84 Å². The monoisotopic (exact) mass is 324 g/mol. The van der Waals surface area contributed by atoms with Crippen molar-refractivity contribution in [2.75, 3.05) is 18.8 Å². The summed E-state index contributed by atoms with van der Waals surface area (Å²) >= 11 is 0. The van der Waals surface area contributed by atoms with Gasteiger partial charge in [-0.05, 0) is 25.7 Å². The number of rotatable bonds is 2. The Morgan fingerprint density at radius 3 is 2.45 bits per heavy atom. The third-order valence-corrected chi connectivity index (χ3v) is 7.48. The molecular weight excluding hydrogens is 304 g/mol. The zero-order valence-corrected chi connectivity index (χ0v) is 12.8. The maximum absolute atomic E-state index is 12.4. The summed E-state index contributed by atoms with van der Waals surface area (Å²) in [4.78, 5) is 13.7. The van der Waals surface area contributed by atoms with Crippen molar-refractivity contribution in [1.29, 1.82) is 0 Å². The number of nitrogens with zero attached hydrogens (tertiary/aromatic N) is 1. The summed E-state index contributed by atoms with van der Waals surface area (Å²) in [7, 11) is -7.09. The minimum Gasteiger partial charge on any atom is -0.340 e. The van der Waals surface area contributed by atoms with E-state index in [-0.39, 0.29) is 12.3 Å². The van der Waals surface area contributed by atoms with Crippen LogP contribution in [0.1, 0.15) is 32.1 Å². The first-order valence-corrected chi connectivity index (χ1v) is 10.1.